The summed E-state index contributed by atoms with van der Waals surface area (Å²) in [5, 5.41) is 0. The second-order valence-corrected chi connectivity index (χ2v) is 2.81. The van der Waals surface area contributed by atoms with Crippen molar-refractivity contribution in [2.24, 2.45) is 0 Å². The lowest BCUT2D eigenvalue weighted by Crippen LogP contribution is -2.02. The molecule has 0 fully saturated rings. The molecule has 0 rings (SSSR count). The Kier molecular flexibility index (Phi) is 7.72. The van der Waals surface area contributed by atoms with E-state index in [1.54, 1.807) is 11.8 Å². The van der Waals surface area contributed by atoms with Crippen LogP contribution in [0.1, 0.15) is 12.8 Å². The second-order valence-electron chi connectivity index (χ2n) is 1.99. The van der Waals surface area contributed by atoms with Crippen LogP contribution in [-0.4, -0.2) is 31.9 Å². The Morgan fingerprint density at radius 1 is 1.55 bits per heavy atom. The quantitative estimate of drug-likeness (QED) is 0.348. The van der Waals surface area contributed by atoms with Crippen LogP contribution < -0.4 is 0 Å². The predicted molar refractivity (Wildman–Crippen MR) is 45.6 cm³/mol. The topological polar surface area (TPSA) is 35.5 Å². The van der Waals surface area contributed by atoms with E-state index in [4.69, 9.17) is 4.74 Å². The van der Waals surface area contributed by atoms with Crippen molar-refractivity contribution in [3.05, 3.63) is 0 Å². The molecule has 3 nitrogen and oxygen atoms in total. The average Bonchev–Trinajstić information content (AvgIpc) is 2.04. The van der Waals surface area contributed by atoms with Crippen LogP contribution in [0.4, 0.5) is 0 Å². The third-order valence-corrected chi connectivity index (χ3v) is 1.50. The molecule has 0 aromatic heterocycles. The third-order valence-electron chi connectivity index (χ3n) is 1.10. The zero-order chi connectivity index (χ0) is 8.53. The molecule has 0 amide bonds. The van der Waals surface area contributed by atoms with Crippen molar-refractivity contribution < 1.29 is 14.3 Å². The van der Waals surface area contributed by atoms with Gasteiger partial charge in [0, 0.05) is 13.0 Å². The Balaban J connectivity index is 2.95. The van der Waals surface area contributed by atoms with Crippen molar-refractivity contribution in [3.8, 4) is 0 Å². The monoisotopic (exact) mass is 178 g/mol. The lowest BCUT2D eigenvalue weighted by molar-refractivity contribution is -0.140. The van der Waals surface area contributed by atoms with Gasteiger partial charge in [-0.05, 0) is 12.7 Å². The lowest BCUT2D eigenvalue weighted by atomic mass is 10.3. The number of methoxy groups -OCH3 is 1. The van der Waals surface area contributed by atoms with Crippen LogP contribution in [0.25, 0.3) is 0 Å². The summed E-state index contributed by atoms with van der Waals surface area (Å²) < 4.78 is 9.59. The van der Waals surface area contributed by atoms with Crippen molar-refractivity contribution in [3.63, 3.8) is 0 Å². The number of rotatable bonds is 6. The first-order valence-corrected chi connectivity index (χ1v) is 4.84. The maximum atomic E-state index is 10.6. The Bertz CT molecular complexity index is 106. The number of hydrogen-bond donors (Lipinski definition) is 0. The van der Waals surface area contributed by atoms with E-state index in [1.807, 2.05) is 6.26 Å². The van der Waals surface area contributed by atoms with E-state index in [2.05, 4.69) is 4.74 Å². The second kappa shape index (κ2) is 7.88. The van der Waals surface area contributed by atoms with Crippen molar-refractivity contribution in [2.45, 2.75) is 12.8 Å². The molecule has 0 radical (unpaired) electrons. The molecule has 0 atom stereocenters. The lowest BCUT2D eigenvalue weighted by Gasteiger charge is -2.00. The van der Waals surface area contributed by atoms with Crippen LogP contribution in [0.3, 0.4) is 0 Å². The van der Waals surface area contributed by atoms with E-state index in [-0.39, 0.29) is 5.97 Å². The van der Waals surface area contributed by atoms with Gasteiger partial charge >= 0.3 is 5.97 Å². The van der Waals surface area contributed by atoms with Gasteiger partial charge in [0.05, 0.1) is 13.0 Å². The van der Waals surface area contributed by atoms with Gasteiger partial charge in [0.1, 0.15) is 0 Å². The van der Waals surface area contributed by atoms with E-state index in [1.165, 1.54) is 7.11 Å². The van der Waals surface area contributed by atoms with Gasteiger partial charge in [0.2, 0.25) is 0 Å². The number of thioether (sulfide) groups is 1. The SMILES string of the molecule is COC(=O)CCCOCSC. The molecule has 66 valence electrons. The number of ether oxygens (including phenoxy) is 2. The van der Waals surface area contributed by atoms with Crippen LogP contribution in [0.15, 0.2) is 0 Å². The summed E-state index contributed by atoms with van der Waals surface area (Å²) in [5.74, 6) is 0.527. The minimum absolute atomic E-state index is 0.169. The molecule has 11 heavy (non-hydrogen) atoms. The number of carbonyl (C=O) groups is 1. The maximum Gasteiger partial charge on any atom is 0.305 e. The van der Waals surface area contributed by atoms with Gasteiger partial charge in [-0.2, -0.15) is 0 Å². The minimum Gasteiger partial charge on any atom is -0.469 e. The van der Waals surface area contributed by atoms with Gasteiger partial charge < -0.3 is 9.47 Å². The van der Waals surface area contributed by atoms with E-state index in [0.717, 1.165) is 6.42 Å². The molecule has 0 aliphatic heterocycles. The van der Waals surface area contributed by atoms with Crippen LogP contribution in [0.5, 0.6) is 0 Å². The largest absolute Gasteiger partial charge is 0.469 e. The smallest absolute Gasteiger partial charge is 0.305 e. The first-order valence-electron chi connectivity index (χ1n) is 3.44. The molecule has 0 spiro atoms. The van der Waals surface area contributed by atoms with Gasteiger partial charge in [0.15, 0.2) is 0 Å². The summed E-state index contributed by atoms with van der Waals surface area (Å²) >= 11 is 1.63. The molecule has 0 unspecified atom stereocenters. The predicted octanol–water partition coefficient (Wildman–Crippen LogP) is 1.28. The van der Waals surface area contributed by atoms with Gasteiger partial charge in [-0.3, -0.25) is 4.79 Å². The summed E-state index contributed by atoms with van der Waals surface area (Å²) in [5.41, 5.74) is 0. The zero-order valence-corrected chi connectivity index (χ0v) is 7.78. The summed E-state index contributed by atoms with van der Waals surface area (Å²) in [6, 6.07) is 0. The van der Waals surface area contributed by atoms with Crippen LogP contribution in [0.2, 0.25) is 0 Å². The fourth-order valence-electron chi connectivity index (χ4n) is 0.563. The molecule has 0 aromatic carbocycles. The average molecular weight is 178 g/mol. The van der Waals surface area contributed by atoms with Gasteiger partial charge in [-0.15, -0.1) is 11.8 Å². The highest BCUT2D eigenvalue weighted by Crippen LogP contribution is 1.96. The summed E-state index contributed by atoms with van der Waals surface area (Å²) in [6.07, 6.45) is 3.17. The molecule has 0 aromatic rings. The van der Waals surface area contributed by atoms with E-state index < -0.39 is 0 Å². The minimum atomic E-state index is -0.169. The fraction of sp³-hybridized carbons (Fsp3) is 0.857. The number of hydrogen-bond acceptors (Lipinski definition) is 4. The Labute approximate surface area is 71.4 Å². The van der Waals surface area contributed by atoms with Crippen molar-refractivity contribution in [2.75, 3.05) is 25.9 Å². The summed E-state index contributed by atoms with van der Waals surface area (Å²) in [4.78, 5) is 10.6. The Morgan fingerprint density at radius 3 is 2.82 bits per heavy atom. The first-order chi connectivity index (χ1) is 5.31. The third kappa shape index (κ3) is 7.68. The van der Waals surface area contributed by atoms with Crippen molar-refractivity contribution in [1.29, 1.82) is 0 Å². The van der Waals surface area contributed by atoms with Crippen LogP contribution in [0, 0.1) is 0 Å². The Morgan fingerprint density at radius 2 is 2.27 bits per heavy atom. The van der Waals surface area contributed by atoms with Crippen LogP contribution >= 0.6 is 11.8 Å². The maximum absolute atomic E-state index is 10.6. The zero-order valence-electron chi connectivity index (χ0n) is 6.96. The molecule has 4 heteroatoms. The standard InChI is InChI=1S/C7H14O3S/c1-9-7(8)4-3-5-10-6-11-2/h3-6H2,1-2H3. The van der Waals surface area contributed by atoms with Crippen molar-refractivity contribution in [1.82, 2.24) is 0 Å². The fourth-order valence-corrected chi connectivity index (χ4v) is 0.847. The molecule has 0 saturated heterocycles. The van der Waals surface area contributed by atoms with E-state index in [0.29, 0.717) is 19.0 Å². The van der Waals surface area contributed by atoms with E-state index >= 15 is 0 Å². The van der Waals surface area contributed by atoms with Crippen LogP contribution in [-0.2, 0) is 14.3 Å². The normalized spacial score (nSPS) is 9.64. The molecule has 0 saturated carbocycles. The molecule has 0 aliphatic rings. The van der Waals surface area contributed by atoms with Crippen molar-refractivity contribution >= 4 is 17.7 Å². The summed E-state index contributed by atoms with van der Waals surface area (Å²) in [6.45, 7) is 0.635. The number of carbonyl (C=O) groups excluding carboxylic acids is 1. The first kappa shape index (κ1) is 10.8. The van der Waals surface area contributed by atoms with E-state index in [9.17, 15) is 4.79 Å². The molecular weight excluding hydrogens is 164 g/mol. The Hall–Kier alpha value is -0.220. The summed E-state index contributed by atoms with van der Waals surface area (Å²) in [7, 11) is 1.39. The van der Waals surface area contributed by atoms with Gasteiger partial charge in [-0.25, -0.2) is 0 Å². The van der Waals surface area contributed by atoms with Gasteiger partial charge in [-0.1, -0.05) is 0 Å². The molecule has 0 N–H and O–H groups in total. The molecule has 0 bridgehead atoms. The molecular formula is C7H14O3S. The molecule has 0 aliphatic carbocycles. The number of esters is 1. The molecule has 0 heterocycles. The highest BCUT2D eigenvalue weighted by atomic mass is 32.2. The highest BCUT2D eigenvalue weighted by Gasteiger charge is 1.98. The highest BCUT2D eigenvalue weighted by molar-refractivity contribution is 7.98. The van der Waals surface area contributed by atoms with Gasteiger partial charge in [0.25, 0.3) is 0 Å².